The lowest BCUT2D eigenvalue weighted by atomic mass is 10.1. The third-order valence-corrected chi connectivity index (χ3v) is 2.52. The van der Waals surface area contributed by atoms with Crippen molar-refractivity contribution in [2.45, 2.75) is 19.0 Å². The third-order valence-electron chi connectivity index (χ3n) is 2.52. The third kappa shape index (κ3) is 4.03. The zero-order valence-electron chi connectivity index (χ0n) is 9.91. The van der Waals surface area contributed by atoms with Crippen molar-refractivity contribution < 1.29 is 18.6 Å². The first-order chi connectivity index (χ1) is 8.08. The quantitative estimate of drug-likeness (QED) is 0.800. The van der Waals surface area contributed by atoms with E-state index in [1.54, 1.807) is 0 Å². The van der Waals surface area contributed by atoms with E-state index in [1.807, 2.05) is 6.92 Å². The van der Waals surface area contributed by atoms with Crippen LogP contribution in [0.4, 0.5) is 8.78 Å². The standard InChI is InChI=1S/C12H17F2NO2/c1-8(15-10(6-16)7-17-2)9-3-4-11(13)12(14)5-9/h3-5,8,10,15-16H,6-7H2,1-2H3. The number of halogens is 2. The zero-order valence-corrected chi connectivity index (χ0v) is 9.91. The molecule has 0 aliphatic carbocycles. The van der Waals surface area contributed by atoms with Crippen LogP contribution in [0.5, 0.6) is 0 Å². The van der Waals surface area contributed by atoms with Crippen LogP contribution in [0.3, 0.4) is 0 Å². The van der Waals surface area contributed by atoms with Crippen molar-refractivity contribution in [1.29, 1.82) is 0 Å². The van der Waals surface area contributed by atoms with Crippen molar-refractivity contribution in [3.8, 4) is 0 Å². The molecule has 1 aromatic rings. The van der Waals surface area contributed by atoms with Gasteiger partial charge in [-0.3, -0.25) is 0 Å². The molecular weight excluding hydrogens is 228 g/mol. The van der Waals surface area contributed by atoms with Gasteiger partial charge in [-0.1, -0.05) is 6.07 Å². The Kier molecular flexibility index (Phi) is 5.47. The summed E-state index contributed by atoms with van der Waals surface area (Å²) in [5.41, 5.74) is 0.624. The molecule has 2 atom stereocenters. The van der Waals surface area contributed by atoms with Gasteiger partial charge in [0.05, 0.1) is 19.3 Å². The maximum absolute atomic E-state index is 13.0. The van der Waals surface area contributed by atoms with Crippen LogP contribution in [-0.2, 0) is 4.74 Å². The van der Waals surface area contributed by atoms with E-state index in [0.717, 1.165) is 12.1 Å². The van der Waals surface area contributed by atoms with Crippen LogP contribution in [0.25, 0.3) is 0 Å². The van der Waals surface area contributed by atoms with Crippen molar-refractivity contribution in [3.05, 3.63) is 35.4 Å². The zero-order chi connectivity index (χ0) is 12.8. The largest absolute Gasteiger partial charge is 0.395 e. The number of methoxy groups -OCH3 is 1. The highest BCUT2D eigenvalue weighted by atomic mass is 19.2. The lowest BCUT2D eigenvalue weighted by Crippen LogP contribution is -2.38. The minimum atomic E-state index is -0.872. The summed E-state index contributed by atoms with van der Waals surface area (Å²) in [4.78, 5) is 0. The second-order valence-corrected chi connectivity index (χ2v) is 3.90. The summed E-state index contributed by atoms with van der Waals surface area (Å²) >= 11 is 0. The van der Waals surface area contributed by atoms with E-state index in [-0.39, 0.29) is 18.7 Å². The number of ether oxygens (including phenoxy) is 1. The SMILES string of the molecule is COCC(CO)NC(C)c1ccc(F)c(F)c1. The molecule has 0 aliphatic heterocycles. The summed E-state index contributed by atoms with van der Waals surface area (Å²) in [7, 11) is 1.53. The Bertz CT molecular complexity index is 360. The molecule has 2 unspecified atom stereocenters. The number of aliphatic hydroxyl groups is 1. The van der Waals surface area contributed by atoms with Gasteiger partial charge in [0.25, 0.3) is 0 Å². The fraction of sp³-hybridized carbons (Fsp3) is 0.500. The molecule has 17 heavy (non-hydrogen) atoms. The van der Waals surface area contributed by atoms with Gasteiger partial charge in [-0.2, -0.15) is 0 Å². The van der Waals surface area contributed by atoms with Gasteiger partial charge in [0.2, 0.25) is 0 Å². The molecule has 3 nitrogen and oxygen atoms in total. The molecule has 5 heteroatoms. The molecule has 0 aliphatic rings. The summed E-state index contributed by atoms with van der Waals surface area (Å²) in [6, 6.07) is 3.32. The van der Waals surface area contributed by atoms with Crippen LogP contribution in [0, 0.1) is 11.6 Å². The molecule has 0 spiro atoms. The number of hydrogen-bond donors (Lipinski definition) is 2. The molecule has 0 aromatic heterocycles. The predicted molar refractivity (Wildman–Crippen MR) is 60.7 cm³/mol. The molecule has 0 radical (unpaired) electrons. The lowest BCUT2D eigenvalue weighted by Gasteiger charge is -2.21. The highest BCUT2D eigenvalue weighted by Crippen LogP contribution is 2.16. The molecule has 96 valence electrons. The molecule has 0 fully saturated rings. The van der Waals surface area contributed by atoms with Crippen LogP contribution in [0.1, 0.15) is 18.5 Å². The van der Waals surface area contributed by atoms with Crippen LogP contribution in [-0.4, -0.2) is 31.5 Å². The Morgan fingerprint density at radius 2 is 2.06 bits per heavy atom. The van der Waals surface area contributed by atoms with Gasteiger partial charge >= 0.3 is 0 Å². The Hall–Kier alpha value is -1.04. The van der Waals surface area contributed by atoms with E-state index in [0.29, 0.717) is 12.2 Å². The number of aliphatic hydroxyl groups excluding tert-OH is 1. The van der Waals surface area contributed by atoms with Crippen molar-refractivity contribution in [3.63, 3.8) is 0 Å². The first-order valence-corrected chi connectivity index (χ1v) is 5.39. The normalized spacial score (nSPS) is 14.6. The number of nitrogens with one attached hydrogen (secondary N) is 1. The molecule has 1 rings (SSSR count). The second kappa shape index (κ2) is 6.64. The maximum atomic E-state index is 13.0. The van der Waals surface area contributed by atoms with Gasteiger partial charge < -0.3 is 15.2 Å². The van der Waals surface area contributed by atoms with Gasteiger partial charge in [-0.25, -0.2) is 8.78 Å². The second-order valence-electron chi connectivity index (χ2n) is 3.90. The number of benzene rings is 1. The van der Waals surface area contributed by atoms with Gasteiger partial charge in [-0.05, 0) is 24.6 Å². The van der Waals surface area contributed by atoms with E-state index in [2.05, 4.69) is 5.32 Å². The average Bonchev–Trinajstić information content (AvgIpc) is 2.31. The van der Waals surface area contributed by atoms with Gasteiger partial charge in [0, 0.05) is 13.2 Å². The molecule has 0 saturated heterocycles. The smallest absolute Gasteiger partial charge is 0.159 e. The van der Waals surface area contributed by atoms with Crippen LogP contribution < -0.4 is 5.32 Å². The monoisotopic (exact) mass is 245 g/mol. The van der Waals surface area contributed by atoms with E-state index in [4.69, 9.17) is 9.84 Å². The highest BCUT2D eigenvalue weighted by molar-refractivity contribution is 5.20. The van der Waals surface area contributed by atoms with E-state index >= 15 is 0 Å². The van der Waals surface area contributed by atoms with E-state index in [9.17, 15) is 8.78 Å². The molecule has 0 amide bonds. The fourth-order valence-corrected chi connectivity index (χ4v) is 1.59. The van der Waals surface area contributed by atoms with Crippen molar-refractivity contribution in [1.82, 2.24) is 5.32 Å². The number of rotatable bonds is 6. The van der Waals surface area contributed by atoms with Crippen molar-refractivity contribution in [2.24, 2.45) is 0 Å². The van der Waals surface area contributed by atoms with Gasteiger partial charge in [0.1, 0.15) is 0 Å². The average molecular weight is 245 g/mol. The Morgan fingerprint density at radius 1 is 1.35 bits per heavy atom. The van der Waals surface area contributed by atoms with Gasteiger partial charge in [-0.15, -0.1) is 0 Å². The predicted octanol–water partition coefficient (Wildman–Crippen LogP) is 1.62. The highest BCUT2D eigenvalue weighted by Gasteiger charge is 2.14. The first-order valence-electron chi connectivity index (χ1n) is 5.39. The summed E-state index contributed by atoms with van der Waals surface area (Å²) in [6.07, 6.45) is 0. The molecule has 2 N–H and O–H groups in total. The Morgan fingerprint density at radius 3 is 2.59 bits per heavy atom. The van der Waals surface area contributed by atoms with E-state index < -0.39 is 11.6 Å². The lowest BCUT2D eigenvalue weighted by molar-refractivity contribution is 0.123. The van der Waals surface area contributed by atoms with Crippen molar-refractivity contribution in [2.75, 3.05) is 20.3 Å². The van der Waals surface area contributed by atoms with Crippen LogP contribution in [0.2, 0.25) is 0 Å². The molecular formula is C12H17F2NO2. The van der Waals surface area contributed by atoms with Crippen LogP contribution >= 0.6 is 0 Å². The minimum absolute atomic E-state index is 0.0815. The Labute approximate surface area is 99.4 Å². The van der Waals surface area contributed by atoms with Crippen LogP contribution in [0.15, 0.2) is 18.2 Å². The summed E-state index contributed by atoms with van der Waals surface area (Å²) in [6.45, 7) is 2.08. The molecule has 0 bridgehead atoms. The Balaban J connectivity index is 2.68. The first kappa shape index (κ1) is 14.0. The molecule has 0 saturated carbocycles. The number of hydrogen-bond acceptors (Lipinski definition) is 3. The topological polar surface area (TPSA) is 41.5 Å². The summed E-state index contributed by atoms with van der Waals surface area (Å²) in [5.74, 6) is -1.74. The molecule has 0 heterocycles. The van der Waals surface area contributed by atoms with Gasteiger partial charge in [0.15, 0.2) is 11.6 Å². The summed E-state index contributed by atoms with van der Waals surface area (Å²) in [5, 5.41) is 12.1. The summed E-state index contributed by atoms with van der Waals surface area (Å²) < 4.78 is 30.7. The van der Waals surface area contributed by atoms with Crippen molar-refractivity contribution >= 4 is 0 Å². The maximum Gasteiger partial charge on any atom is 0.159 e. The fourth-order valence-electron chi connectivity index (χ4n) is 1.59. The minimum Gasteiger partial charge on any atom is -0.395 e. The molecule has 1 aromatic carbocycles. The van der Waals surface area contributed by atoms with E-state index in [1.165, 1.54) is 13.2 Å².